The number of hydrogen-bond donors (Lipinski definition) is 0. The molecule has 0 saturated heterocycles. The summed E-state index contributed by atoms with van der Waals surface area (Å²) < 4.78 is 7.98. The molecule has 0 spiro atoms. The monoisotopic (exact) mass is 326 g/mol. The van der Waals surface area contributed by atoms with E-state index in [2.05, 4.69) is 31.6 Å². The molecular weight excluding hydrogens is 308 g/mol. The second-order valence-electron chi connectivity index (χ2n) is 5.70. The first-order valence-corrected chi connectivity index (χ1v) is 8.61. The van der Waals surface area contributed by atoms with Gasteiger partial charge in [0, 0.05) is 37.8 Å². The lowest BCUT2D eigenvalue weighted by Gasteiger charge is -2.27. The fourth-order valence-corrected chi connectivity index (χ4v) is 3.33. The molecule has 3 heterocycles. The average Bonchev–Trinajstić information content (AvgIpc) is 3.25. The van der Waals surface area contributed by atoms with E-state index in [1.165, 1.54) is 11.3 Å². The van der Waals surface area contributed by atoms with Gasteiger partial charge in [0.2, 0.25) is 0 Å². The number of rotatable bonds is 5. The first kappa shape index (κ1) is 14.4. The van der Waals surface area contributed by atoms with Crippen molar-refractivity contribution in [1.82, 2.24) is 19.4 Å². The number of benzene rings is 1. The van der Waals surface area contributed by atoms with Crippen LogP contribution in [0.1, 0.15) is 17.0 Å². The smallest absolute Gasteiger partial charge is 0.131 e. The summed E-state index contributed by atoms with van der Waals surface area (Å²) in [6.45, 7) is 4.52. The first-order valence-electron chi connectivity index (χ1n) is 7.67. The van der Waals surface area contributed by atoms with Crippen molar-refractivity contribution in [2.45, 2.75) is 26.2 Å². The van der Waals surface area contributed by atoms with Crippen molar-refractivity contribution < 1.29 is 4.74 Å². The number of fused-ring (bicyclic) bond motifs is 1. The van der Waals surface area contributed by atoms with Crippen LogP contribution in [0.25, 0.3) is 0 Å². The highest BCUT2D eigenvalue weighted by molar-refractivity contribution is 7.07. The van der Waals surface area contributed by atoms with Crippen LogP contribution in [0.2, 0.25) is 0 Å². The summed E-state index contributed by atoms with van der Waals surface area (Å²) in [7, 11) is 0. The third kappa shape index (κ3) is 3.43. The maximum absolute atomic E-state index is 5.75. The topological polar surface area (TPSA) is 43.2 Å². The van der Waals surface area contributed by atoms with E-state index in [-0.39, 0.29) is 0 Å². The van der Waals surface area contributed by atoms with Crippen LogP contribution in [0.4, 0.5) is 0 Å². The second kappa shape index (κ2) is 6.52. The van der Waals surface area contributed by atoms with Crippen molar-refractivity contribution in [3.05, 3.63) is 64.6 Å². The van der Waals surface area contributed by atoms with Crippen LogP contribution < -0.4 is 4.74 Å². The zero-order valence-corrected chi connectivity index (χ0v) is 13.6. The molecule has 0 fully saturated rings. The van der Waals surface area contributed by atoms with Gasteiger partial charge in [-0.3, -0.25) is 4.90 Å². The number of nitrogens with zero attached hydrogens (tertiary/aromatic N) is 4. The fraction of sp³-hybridized carbons (Fsp3) is 0.294. The molecule has 1 aliphatic heterocycles. The van der Waals surface area contributed by atoms with Crippen LogP contribution in [-0.2, 0) is 26.2 Å². The summed E-state index contributed by atoms with van der Waals surface area (Å²) >= 11 is 1.59. The van der Waals surface area contributed by atoms with Gasteiger partial charge in [0.15, 0.2) is 0 Å². The highest BCUT2D eigenvalue weighted by Crippen LogP contribution is 2.18. The van der Waals surface area contributed by atoms with Gasteiger partial charge < -0.3 is 9.30 Å². The number of aromatic nitrogens is 3. The van der Waals surface area contributed by atoms with Crippen molar-refractivity contribution in [3.8, 4) is 5.75 Å². The molecule has 2 aromatic heterocycles. The van der Waals surface area contributed by atoms with Crippen LogP contribution in [0.5, 0.6) is 5.75 Å². The largest absolute Gasteiger partial charge is 0.487 e. The lowest BCUT2D eigenvalue weighted by Crippen LogP contribution is -2.32. The molecular formula is C17H18N4OS. The van der Waals surface area contributed by atoms with E-state index in [4.69, 9.17) is 4.74 Å². The Kier molecular flexibility index (Phi) is 4.08. The van der Waals surface area contributed by atoms with E-state index in [9.17, 15) is 0 Å². The maximum Gasteiger partial charge on any atom is 0.131 e. The zero-order chi connectivity index (χ0) is 15.5. The van der Waals surface area contributed by atoms with Crippen LogP contribution in [0.3, 0.4) is 0 Å². The molecule has 0 N–H and O–H groups in total. The van der Waals surface area contributed by atoms with E-state index in [1.54, 1.807) is 11.3 Å². The lowest BCUT2D eigenvalue weighted by molar-refractivity contribution is 0.213. The number of imidazole rings is 1. The van der Waals surface area contributed by atoms with Gasteiger partial charge in [-0.1, -0.05) is 12.1 Å². The van der Waals surface area contributed by atoms with Gasteiger partial charge in [-0.15, -0.1) is 11.3 Å². The van der Waals surface area contributed by atoms with Gasteiger partial charge in [-0.25, -0.2) is 9.97 Å². The Labute approximate surface area is 139 Å². The maximum atomic E-state index is 5.75. The van der Waals surface area contributed by atoms with Crippen molar-refractivity contribution in [2.75, 3.05) is 6.54 Å². The van der Waals surface area contributed by atoms with Gasteiger partial charge in [-0.2, -0.15) is 0 Å². The standard InChI is InChI=1S/C17H18N4OS/c1-3-17(22-10-15-11-23-13-19-15)4-2-14(1)8-20-5-6-21-12-18-7-16(21)9-20/h1-4,7,11-13H,5-6,8-10H2. The summed E-state index contributed by atoms with van der Waals surface area (Å²) in [5.41, 5.74) is 5.40. The number of hydrogen-bond acceptors (Lipinski definition) is 5. The van der Waals surface area contributed by atoms with Gasteiger partial charge in [0.25, 0.3) is 0 Å². The third-order valence-corrected chi connectivity index (χ3v) is 4.68. The summed E-state index contributed by atoms with van der Waals surface area (Å²) in [6, 6.07) is 8.36. The molecule has 0 saturated carbocycles. The summed E-state index contributed by atoms with van der Waals surface area (Å²) in [5, 5.41) is 2.01. The normalized spacial score (nSPS) is 14.6. The van der Waals surface area contributed by atoms with Crippen molar-refractivity contribution >= 4 is 11.3 Å². The Morgan fingerprint density at radius 2 is 2.09 bits per heavy atom. The Morgan fingerprint density at radius 3 is 2.91 bits per heavy atom. The Balaban J connectivity index is 1.33. The van der Waals surface area contributed by atoms with E-state index in [1.807, 2.05) is 35.5 Å². The van der Waals surface area contributed by atoms with Crippen LogP contribution in [0, 0.1) is 0 Å². The second-order valence-corrected chi connectivity index (χ2v) is 6.42. The quantitative estimate of drug-likeness (QED) is 0.723. The molecule has 0 aliphatic carbocycles. The first-order chi connectivity index (χ1) is 11.4. The average molecular weight is 326 g/mol. The van der Waals surface area contributed by atoms with Gasteiger partial charge >= 0.3 is 0 Å². The summed E-state index contributed by atoms with van der Waals surface area (Å²) in [6.07, 6.45) is 3.88. The molecule has 118 valence electrons. The molecule has 0 bridgehead atoms. The van der Waals surface area contributed by atoms with E-state index < -0.39 is 0 Å². The van der Waals surface area contributed by atoms with Crippen LogP contribution in [-0.4, -0.2) is 26.0 Å². The number of ether oxygens (including phenoxy) is 1. The van der Waals surface area contributed by atoms with Gasteiger partial charge in [0.05, 0.1) is 23.2 Å². The fourth-order valence-electron chi connectivity index (χ4n) is 2.79. The van der Waals surface area contributed by atoms with Crippen molar-refractivity contribution in [2.24, 2.45) is 0 Å². The van der Waals surface area contributed by atoms with E-state index in [0.29, 0.717) is 6.61 Å². The summed E-state index contributed by atoms with van der Waals surface area (Å²) in [5.74, 6) is 0.887. The van der Waals surface area contributed by atoms with Crippen LogP contribution >= 0.6 is 11.3 Å². The molecule has 6 heteroatoms. The SMILES string of the molecule is c1nc(COc2ccc(CN3CCn4cncc4C3)cc2)cs1. The molecule has 0 unspecified atom stereocenters. The zero-order valence-electron chi connectivity index (χ0n) is 12.8. The molecule has 1 aliphatic rings. The van der Waals surface area contributed by atoms with E-state index >= 15 is 0 Å². The van der Waals surface area contributed by atoms with Gasteiger partial charge in [-0.05, 0) is 17.7 Å². The van der Waals surface area contributed by atoms with Crippen molar-refractivity contribution in [3.63, 3.8) is 0 Å². The molecule has 5 nitrogen and oxygen atoms in total. The van der Waals surface area contributed by atoms with E-state index in [0.717, 1.165) is 37.6 Å². The lowest BCUT2D eigenvalue weighted by atomic mass is 10.2. The highest BCUT2D eigenvalue weighted by atomic mass is 32.1. The Morgan fingerprint density at radius 1 is 1.17 bits per heavy atom. The van der Waals surface area contributed by atoms with Crippen LogP contribution in [0.15, 0.2) is 47.7 Å². The Bertz CT molecular complexity index is 751. The Hall–Kier alpha value is -2.18. The summed E-state index contributed by atoms with van der Waals surface area (Å²) in [4.78, 5) is 10.9. The van der Waals surface area contributed by atoms with Crippen molar-refractivity contribution in [1.29, 1.82) is 0 Å². The minimum Gasteiger partial charge on any atom is -0.487 e. The minimum absolute atomic E-state index is 0.527. The molecule has 3 aromatic rings. The van der Waals surface area contributed by atoms with Gasteiger partial charge in [0.1, 0.15) is 12.4 Å². The highest BCUT2D eigenvalue weighted by Gasteiger charge is 2.15. The number of thiazole rings is 1. The molecule has 4 rings (SSSR count). The predicted octanol–water partition coefficient (Wildman–Crippen LogP) is 2.93. The molecule has 0 amide bonds. The molecule has 23 heavy (non-hydrogen) atoms. The molecule has 1 aromatic carbocycles. The predicted molar refractivity (Wildman–Crippen MR) is 89.2 cm³/mol. The molecule has 0 atom stereocenters. The molecule has 0 radical (unpaired) electrons. The third-order valence-electron chi connectivity index (χ3n) is 4.04. The minimum atomic E-state index is 0.527.